The van der Waals surface area contributed by atoms with Gasteiger partial charge in [-0.15, -0.1) is 0 Å². The van der Waals surface area contributed by atoms with Gasteiger partial charge < -0.3 is 9.64 Å². The Hall–Kier alpha value is -1.55. The molecule has 1 heterocycles. The average molecular weight is 330 g/mol. The van der Waals surface area contributed by atoms with Crippen LogP contribution in [0.4, 0.5) is 4.79 Å². The molecule has 132 valence electrons. The van der Waals surface area contributed by atoms with Crippen LogP contribution in [0.1, 0.15) is 38.7 Å². The molecule has 2 fully saturated rings. The fourth-order valence-corrected chi connectivity index (χ4v) is 3.58. The molecule has 1 amide bonds. The molecule has 0 spiro atoms. The fourth-order valence-electron chi connectivity index (χ4n) is 3.58. The van der Waals surface area contributed by atoms with Crippen molar-refractivity contribution in [1.82, 2.24) is 9.80 Å². The van der Waals surface area contributed by atoms with Crippen LogP contribution in [0, 0.1) is 11.8 Å². The Bertz CT molecular complexity index is 520. The van der Waals surface area contributed by atoms with Crippen molar-refractivity contribution in [3.05, 3.63) is 35.9 Å². The van der Waals surface area contributed by atoms with Crippen molar-refractivity contribution < 1.29 is 9.53 Å². The lowest BCUT2D eigenvalue weighted by Gasteiger charge is -2.40. The van der Waals surface area contributed by atoms with Gasteiger partial charge in [0.25, 0.3) is 0 Å². The number of benzene rings is 1. The van der Waals surface area contributed by atoms with Crippen molar-refractivity contribution in [2.24, 2.45) is 11.8 Å². The summed E-state index contributed by atoms with van der Waals surface area (Å²) in [5, 5.41) is 0. The highest BCUT2D eigenvalue weighted by atomic mass is 16.6. The second-order valence-corrected chi connectivity index (χ2v) is 7.55. The molecule has 0 bridgehead atoms. The Labute approximate surface area is 145 Å². The Balaban J connectivity index is 1.44. The van der Waals surface area contributed by atoms with E-state index in [9.17, 15) is 4.79 Å². The van der Waals surface area contributed by atoms with Crippen molar-refractivity contribution in [1.29, 1.82) is 0 Å². The van der Waals surface area contributed by atoms with Crippen molar-refractivity contribution in [3.63, 3.8) is 0 Å². The number of ether oxygens (including phenoxy) is 1. The van der Waals surface area contributed by atoms with Gasteiger partial charge in [0.05, 0.1) is 0 Å². The summed E-state index contributed by atoms with van der Waals surface area (Å²) in [5.41, 5.74) is 1.04. The summed E-state index contributed by atoms with van der Waals surface area (Å²) >= 11 is 0. The molecule has 1 aromatic carbocycles. The second-order valence-electron chi connectivity index (χ2n) is 7.55. The molecule has 1 atom stereocenters. The molecule has 3 rings (SSSR count). The summed E-state index contributed by atoms with van der Waals surface area (Å²) in [6.45, 7) is 8.51. The highest BCUT2D eigenvalue weighted by Gasteiger charge is 2.33. The zero-order chi connectivity index (χ0) is 16.9. The first-order valence-electron chi connectivity index (χ1n) is 9.33. The standard InChI is InChI=1S/C20H30N2O2/c1-16(2)19(14-17-8-9-17)21-10-12-22(13-11-21)20(23)24-15-18-6-4-3-5-7-18/h3-7,16-17,19H,8-15H2,1-2H3. The Kier molecular flexibility index (Phi) is 5.77. The maximum Gasteiger partial charge on any atom is 0.410 e. The van der Waals surface area contributed by atoms with Crippen LogP contribution in [-0.2, 0) is 11.3 Å². The molecular weight excluding hydrogens is 300 g/mol. The number of nitrogens with zero attached hydrogens (tertiary/aromatic N) is 2. The zero-order valence-electron chi connectivity index (χ0n) is 15.0. The third kappa shape index (κ3) is 4.73. The van der Waals surface area contributed by atoms with E-state index in [-0.39, 0.29) is 6.09 Å². The SMILES string of the molecule is CC(C)C(CC1CC1)N1CCN(C(=O)OCc2ccccc2)CC1. The van der Waals surface area contributed by atoms with Crippen molar-refractivity contribution >= 4 is 6.09 Å². The van der Waals surface area contributed by atoms with Gasteiger partial charge in [-0.25, -0.2) is 4.79 Å². The minimum absolute atomic E-state index is 0.179. The second kappa shape index (κ2) is 8.02. The summed E-state index contributed by atoms with van der Waals surface area (Å²) in [4.78, 5) is 16.7. The van der Waals surface area contributed by atoms with E-state index in [1.54, 1.807) is 0 Å². The lowest BCUT2D eigenvalue weighted by Crippen LogP contribution is -2.53. The molecule has 1 aliphatic carbocycles. The average Bonchev–Trinajstić information content (AvgIpc) is 3.43. The molecule has 1 saturated carbocycles. The van der Waals surface area contributed by atoms with E-state index in [1.807, 2.05) is 35.2 Å². The first-order valence-corrected chi connectivity index (χ1v) is 9.33. The quantitative estimate of drug-likeness (QED) is 0.796. The van der Waals surface area contributed by atoms with Crippen LogP contribution in [0.2, 0.25) is 0 Å². The van der Waals surface area contributed by atoms with Crippen molar-refractivity contribution in [2.75, 3.05) is 26.2 Å². The van der Waals surface area contributed by atoms with Crippen LogP contribution < -0.4 is 0 Å². The molecule has 0 aromatic heterocycles. The van der Waals surface area contributed by atoms with Crippen molar-refractivity contribution in [2.45, 2.75) is 45.8 Å². The Morgan fingerprint density at radius 1 is 1.12 bits per heavy atom. The number of carbonyl (C=O) groups excluding carboxylic acids is 1. The van der Waals surface area contributed by atoms with Crippen LogP contribution in [0.3, 0.4) is 0 Å². The largest absolute Gasteiger partial charge is 0.445 e. The predicted molar refractivity (Wildman–Crippen MR) is 95.7 cm³/mol. The number of amides is 1. The molecule has 4 nitrogen and oxygen atoms in total. The topological polar surface area (TPSA) is 32.8 Å². The first-order chi connectivity index (χ1) is 11.6. The molecular formula is C20H30N2O2. The highest BCUT2D eigenvalue weighted by Crippen LogP contribution is 2.36. The lowest BCUT2D eigenvalue weighted by atomic mass is 9.96. The van der Waals surface area contributed by atoms with Gasteiger partial charge in [0.2, 0.25) is 0 Å². The Morgan fingerprint density at radius 3 is 2.38 bits per heavy atom. The van der Waals surface area contributed by atoms with Gasteiger partial charge in [-0.3, -0.25) is 4.90 Å². The smallest absolute Gasteiger partial charge is 0.410 e. The molecule has 1 aliphatic heterocycles. The normalized spacial score (nSPS) is 20.2. The molecule has 1 aromatic rings. The van der Waals surface area contributed by atoms with Gasteiger partial charge in [0.1, 0.15) is 6.61 Å². The Morgan fingerprint density at radius 2 is 1.79 bits per heavy atom. The minimum atomic E-state index is -0.179. The van der Waals surface area contributed by atoms with Crippen LogP contribution in [-0.4, -0.2) is 48.1 Å². The number of hydrogen-bond acceptors (Lipinski definition) is 3. The van der Waals surface area contributed by atoms with Crippen LogP contribution in [0.25, 0.3) is 0 Å². The molecule has 24 heavy (non-hydrogen) atoms. The van der Waals surface area contributed by atoms with Crippen LogP contribution >= 0.6 is 0 Å². The van der Waals surface area contributed by atoms with Gasteiger partial charge in [-0.2, -0.15) is 0 Å². The maximum atomic E-state index is 12.3. The van der Waals surface area contributed by atoms with E-state index in [1.165, 1.54) is 19.3 Å². The summed E-state index contributed by atoms with van der Waals surface area (Å²) in [6.07, 6.45) is 3.97. The summed E-state index contributed by atoms with van der Waals surface area (Å²) in [5.74, 6) is 1.63. The van der Waals surface area contributed by atoms with E-state index in [0.717, 1.165) is 37.7 Å². The van der Waals surface area contributed by atoms with Crippen molar-refractivity contribution in [3.8, 4) is 0 Å². The third-order valence-corrected chi connectivity index (χ3v) is 5.29. The zero-order valence-corrected chi connectivity index (χ0v) is 15.0. The maximum absolute atomic E-state index is 12.3. The molecule has 1 saturated heterocycles. The number of piperazine rings is 1. The third-order valence-electron chi connectivity index (χ3n) is 5.29. The molecule has 0 N–H and O–H groups in total. The minimum Gasteiger partial charge on any atom is -0.445 e. The van der Waals surface area contributed by atoms with E-state index in [4.69, 9.17) is 4.74 Å². The highest BCUT2D eigenvalue weighted by molar-refractivity contribution is 5.67. The summed E-state index contributed by atoms with van der Waals surface area (Å²) < 4.78 is 5.45. The fraction of sp³-hybridized carbons (Fsp3) is 0.650. The van der Waals surface area contributed by atoms with Gasteiger partial charge in [0.15, 0.2) is 0 Å². The summed E-state index contributed by atoms with van der Waals surface area (Å²) in [7, 11) is 0. The lowest BCUT2D eigenvalue weighted by molar-refractivity contribution is 0.0480. The van der Waals surface area contributed by atoms with Gasteiger partial charge >= 0.3 is 6.09 Å². The predicted octanol–water partition coefficient (Wildman–Crippen LogP) is 3.77. The molecule has 0 radical (unpaired) electrons. The van der Waals surface area contributed by atoms with Crippen LogP contribution in [0.15, 0.2) is 30.3 Å². The number of rotatable bonds is 6. The summed E-state index contributed by atoms with van der Waals surface area (Å²) in [6, 6.07) is 10.5. The molecule has 4 heteroatoms. The van der Waals surface area contributed by atoms with E-state index >= 15 is 0 Å². The monoisotopic (exact) mass is 330 g/mol. The van der Waals surface area contributed by atoms with Gasteiger partial charge in [0, 0.05) is 32.2 Å². The molecule has 2 aliphatic rings. The van der Waals surface area contributed by atoms with E-state index in [0.29, 0.717) is 18.6 Å². The van der Waals surface area contributed by atoms with Gasteiger partial charge in [-0.1, -0.05) is 57.0 Å². The molecule has 1 unspecified atom stereocenters. The number of hydrogen-bond donors (Lipinski definition) is 0. The van der Waals surface area contributed by atoms with Gasteiger partial charge in [-0.05, 0) is 23.8 Å². The van der Waals surface area contributed by atoms with E-state index in [2.05, 4.69) is 18.7 Å². The first kappa shape index (κ1) is 17.3. The van der Waals surface area contributed by atoms with E-state index < -0.39 is 0 Å². The number of carbonyl (C=O) groups is 1. The van der Waals surface area contributed by atoms with Crippen LogP contribution in [0.5, 0.6) is 0 Å².